The minimum Gasteiger partial charge on any atom is -0.394 e. The topological polar surface area (TPSA) is 99.3 Å². The van der Waals surface area contributed by atoms with E-state index in [9.17, 15) is 9.18 Å². The number of halogens is 1. The van der Waals surface area contributed by atoms with Gasteiger partial charge in [-0.25, -0.2) is 14.9 Å². The van der Waals surface area contributed by atoms with E-state index in [0.717, 1.165) is 4.90 Å². The van der Waals surface area contributed by atoms with Crippen LogP contribution < -0.4 is 10.8 Å². The zero-order valence-corrected chi connectivity index (χ0v) is 14.7. The van der Waals surface area contributed by atoms with Gasteiger partial charge in [0.2, 0.25) is 0 Å². The van der Waals surface area contributed by atoms with Crippen LogP contribution in [0.2, 0.25) is 0 Å². The molecule has 136 valence electrons. The summed E-state index contributed by atoms with van der Waals surface area (Å²) in [5, 5.41) is 12.3. The molecule has 0 unspecified atom stereocenters. The number of thioether (sulfide) groups is 1. The number of amides is 1. The van der Waals surface area contributed by atoms with Gasteiger partial charge in [-0.15, -0.1) is 11.8 Å². The first-order chi connectivity index (χ1) is 12.6. The predicted octanol–water partition coefficient (Wildman–Crippen LogP) is 2.82. The Labute approximate surface area is 152 Å². The van der Waals surface area contributed by atoms with Gasteiger partial charge in [-0.3, -0.25) is 9.63 Å². The second-order valence-electron chi connectivity index (χ2n) is 5.28. The number of aromatic amines is 1. The van der Waals surface area contributed by atoms with Crippen LogP contribution in [0.1, 0.15) is 10.5 Å². The molecule has 0 saturated heterocycles. The molecule has 0 aliphatic carbocycles. The van der Waals surface area contributed by atoms with Crippen molar-refractivity contribution in [2.45, 2.75) is 4.90 Å². The van der Waals surface area contributed by atoms with Gasteiger partial charge in [0.25, 0.3) is 5.91 Å². The van der Waals surface area contributed by atoms with Gasteiger partial charge in [0.05, 0.1) is 24.4 Å². The molecule has 0 aliphatic rings. The zero-order chi connectivity index (χ0) is 18.5. The number of H-pyrrole nitrogens is 1. The third-order valence-corrected chi connectivity index (χ3v) is 4.31. The van der Waals surface area contributed by atoms with E-state index in [1.165, 1.54) is 17.8 Å². The maximum absolute atomic E-state index is 14.2. The number of hydroxylamine groups is 1. The highest BCUT2D eigenvalue weighted by molar-refractivity contribution is 7.98. The number of fused-ring (bicyclic) bond motifs is 1. The first kappa shape index (κ1) is 18.2. The van der Waals surface area contributed by atoms with Crippen LogP contribution in [0.4, 0.5) is 15.9 Å². The highest BCUT2D eigenvalue weighted by Crippen LogP contribution is 2.28. The van der Waals surface area contributed by atoms with Crippen molar-refractivity contribution >= 4 is 40.1 Å². The van der Waals surface area contributed by atoms with Crippen molar-refractivity contribution in [2.24, 2.45) is 0 Å². The predicted molar refractivity (Wildman–Crippen MR) is 98.1 cm³/mol. The molecule has 2 heterocycles. The average Bonchev–Trinajstić information content (AvgIpc) is 3.09. The lowest BCUT2D eigenvalue weighted by atomic mass is 10.2. The molecule has 2 aromatic heterocycles. The summed E-state index contributed by atoms with van der Waals surface area (Å²) in [6, 6.07) is 8.20. The van der Waals surface area contributed by atoms with Crippen molar-refractivity contribution in [3.8, 4) is 0 Å². The Morgan fingerprint density at radius 1 is 1.38 bits per heavy atom. The molecule has 0 spiro atoms. The Balaban J connectivity index is 1.86. The molecule has 0 bridgehead atoms. The molecular weight excluding hydrogens is 359 g/mol. The minimum absolute atomic E-state index is 0.00829. The van der Waals surface area contributed by atoms with E-state index in [1.807, 2.05) is 12.3 Å². The molecule has 3 rings (SSSR count). The SMILES string of the molecule is CSc1ccc(Nc2nccc3[nH]c(C(=O)NOCCO)cc23)c(F)c1. The van der Waals surface area contributed by atoms with Crippen molar-refractivity contribution in [1.29, 1.82) is 0 Å². The maximum Gasteiger partial charge on any atom is 0.291 e. The summed E-state index contributed by atoms with van der Waals surface area (Å²) in [6.07, 6.45) is 3.43. The first-order valence-electron chi connectivity index (χ1n) is 7.73. The van der Waals surface area contributed by atoms with Crippen LogP contribution in [0.5, 0.6) is 0 Å². The molecule has 0 radical (unpaired) electrons. The van der Waals surface area contributed by atoms with Crippen LogP contribution in [0.3, 0.4) is 0 Å². The van der Waals surface area contributed by atoms with Crippen molar-refractivity contribution in [3.05, 3.63) is 48.0 Å². The minimum atomic E-state index is -0.490. The number of benzene rings is 1. The smallest absolute Gasteiger partial charge is 0.291 e. The number of rotatable bonds is 7. The number of nitrogens with zero attached hydrogens (tertiary/aromatic N) is 1. The van der Waals surface area contributed by atoms with E-state index >= 15 is 0 Å². The first-order valence-corrected chi connectivity index (χ1v) is 8.96. The van der Waals surface area contributed by atoms with Crippen molar-refractivity contribution in [3.63, 3.8) is 0 Å². The lowest BCUT2D eigenvalue weighted by Crippen LogP contribution is -2.25. The van der Waals surface area contributed by atoms with Crippen LogP contribution in [-0.2, 0) is 4.84 Å². The summed E-state index contributed by atoms with van der Waals surface area (Å²) in [4.78, 5) is 24.8. The Hall–Kier alpha value is -2.62. The molecule has 0 saturated carbocycles. The van der Waals surface area contributed by atoms with Crippen LogP contribution in [0, 0.1) is 5.82 Å². The number of hydrogen-bond donors (Lipinski definition) is 4. The van der Waals surface area contributed by atoms with Gasteiger partial charge >= 0.3 is 0 Å². The van der Waals surface area contributed by atoms with Gasteiger partial charge in [-0.05, 0) is 36.6 Å². The largest absolute Gasteiger partial charge is 0.394 e. The normalized spacial score (nSPS) is 10.9. The Morgan fingerprint density at radius 2 is 2.23 bits per heavy atom. The number of aliphatic hydroxyl groups is 1. The molecular formula is C17H17FN4O3S. The molecule has 3 aromatic rings. The molecule has 0 fully saturated rings. The van der Waals surface area contributed by atoms with Crippen LogP contribution in [0.15, 0.2) is 41.4 Å². The molecule has 0 atom stereocenters. The number of pyridine rings is 1. The van der Waals surface area contributed by atoms with Crippen molar-refractivity contribution in [2.75, 3.05) is 24.8 Å². The van der Waals surface area contributed by atoms with E-state index in [2.05, 4.69) is 20.8 Å². The second kappa shape index (κ2) is 8.17. The van der Waals surface area contributed by atoms with E-state index in [-0.39, 0.29) is 24.7 Å². The summed E-state index contributed by atoms with van der Waals surface area (Å²) >= 11 is 1.45. The molecule has 26 heavy (non-hydrogen) atoms. The Bertz CT molecular complexity index is 932. The highest BCUT2D eigenvalue weighted by atomic mass is 32.2. The number of nitrogens with one attached hydrogen (secondary N) is 3. The molecule has 7 nitrogen and oxygen atoms in total. The summed E-state index contributed by atoms with van der Waals surface area (Å²) < 4.78 is 14.2. The fraction of sp³-hybridized carbons (Fsp3) is 0.176. The van der Waals surface area contributed by atoms with E-state index in [1.54, 1.807) is 24.4 Å². The van der Waals surface area contributed by atoms with Crippen LogP contribution in [-0.4, -0.2) is 40.5 Å². The fourth-order valence-electron chi connectivity index (χ4n) is 2.34. The van der Waals surface area contributed by atoms with Gasteiger partial charge in [0.15, 0.2) is 0 Å². The van der Waals surface area contributed by atoms with Crippen LogP contribution >= 0.6 is 11.8 Å². The molecule has 1 aromatic carbocycles. The van der Waals surface area contributed by atoms with Gasteiger partial charge in [0, 0.05) is 16.5 Å². The number of aromatic nitrogens is 2. The number of carbonyl (C=O) groups excluding carboxylic acids is 1. The van der Waals surface area contributed by atoms with Gasteiger partial charge < -0.3 is 15.4 Å². The molecule has 4 N–H and O–H groups in total. The number of anilines is 2. The number of aliphatic hydroxyl groups excluding tert-OH is 1. The van der Waals surface area contributed by atoms with Crippen LogP contribution in [0.25, 0.3) is 10.9 Å². The van der Waals surface area contributed by atoms with E-state index in [4.69, 9.17) is 9.94 Å². The summed E-state index contributed by atoms with van der Waals surface area (Å²) in [5.74, 6) is -0.456. The third kappa shape index (κ3) is 3.96. The zero-order valence-electron chi connectivity index (χ0n) is 13.9. The van der Waals surface area contributed by atoms with Gasteiger partial charge in [0.1, 0.15) is 17.3 Å². The lowest BCUT2D eigenvalue weighted by molar-refractivity contribution is 0.0165. The quantitative estimate of drug-likeness (QED) is 0.288. The van der Waals surface area contributed by atoms with Gasteiger partial charge in [-0.2, -0.15) is 0 Å². The third-order valence-electron chi connectivity index (χ3n) is 3.58. The maximum atomic E-state index is 14.2. The standard InChI is InChI=1S/C17H17FN4O3S/c1-26-10-2-3-14(12(18)8-10)21-16-11-9-15(17(24)22-25-7-6-23)20-13(11)4-5-19-16/h2-5,8-9,20,23H,6-7H2,1H3,(H,19,21)(H,22,24). The second-order valence-corrected chi connectivity index (χ2v) is 6.16. The lowest BCUT2D eigenvalue weighted by Gasteiger charge is -2.08. The molecule has 9 heteroatoms. The van der Waals surface area contributed by atoms with E-state index in [0.29, 0.717) is 22.4 Å². The number of carbonyl (C=O) groups is 1. The highest BCUT2D eigenvalue weighted by Gasteiger charge is 2.13. The Morgan fingerprint density at radius 3 is 2.96 bits per heavy atom. The average molecular weight is 376 g/mol. The van der Waals surface area contributed by atoms with Crippen molar-refractivity contribution in [1.82, 2.24) is 15.4 Å². The summed E-state index contributed by atoms with van der Waals surface area (Å²) in [5.41, 5.74) is 3.43. The Kier molecular flexibility index (Phi) is 5.71. The molecule has 0 aliphatic heterocycles. The summed E-state index contributed by atoms with van der Waals surface area (Å²) in [6.45, 7) is -0.211. The van der Waals surface area contributed by atoms with Gasteiger partial charge in [-0.1, -0.05) is 0 Å². The number of hydrogen-bond acceptors (Lipinski definition) is 6. The molecule has 1 amide bonds. The monoisotopic (exact) mass is 376 g/mol. The fourth-order valence-corrected chi connectivity index (χ4v) is 2.77. The van der Waals surface area contributed by atoms with E-state index < -0.39 is 5.91 Å². The summed E-state index contributed by atoms with van der Waals surface area (Å²) in [7, 11) is 0. The van der Waals surface area contributed by atoms with Crippen molar-refractivity contribution < 1.29 is 19.1 Å².